The van der Waals surface area contributed by atoms with Crippen molar-refractivity contribution < 1.29 is 0 Å². The Morgan fingerprint density at radius 1 is 1.31 bits per heavy atom. The minimum atomic E-state index is 1.04. The van der Waals surface area contributed by atoms with Crippen LogP contribution in [-0.2, 0) is 6.42 Å². The molecule has 0 amide bonds. The predicted octanol–water partition coefficient (Wildman–Crippen LogP) is 2.99. The first-order chi connectivity index (χ1) is 6.40. The van der Waals surface area contributed by atoms with Crippen LogP contribution < -0.4 is 0 Å². The van der Waals surface area contributed by atoms with E-state index in [-0.39, 0.29) is 0 Å². The summed E-state index contributed by atoms with van der Waals surface area (Å²) in [5.74, 6) is 0. The lowest BCUT2D eigenvalue weighted by atomic mass is 10.1. The number of nitrogens with zero attached hydrogens (tertiary/aromatic N) is 1. The third-order valence-electron chi connectivity index (χ3n) is 2.11. The maximum Gasteiger partial charge on any atom is 0.0974 e. The van der Waals surface area contributed by atoms with Gasteiger partial charge in [0.25, 0.3) is 0 Å². The van der Waals surface area contributed by atoms with Crippen LogP contribution in [0.1, 0.15) is 19.0 Å². The Morgan fingerprint density at radius 2 is 2.15 bits per heavy atom. The second kappa shape index (κ2) is 3.56. The molecule has 0 unspecified atom stereocenters. The first kappa shape index (κ1) is 8.24. The van der Waals surface area contributed by atoms with Gasteiger partial charge in [0, 0.05) is 11.1 Å². The van der Waals surface area contributed by atoms with Gasteiger partial charge in [-0.2, -0.15) is 0 Å². The molecule has 0 aliphatic carbocycles. The van der Waals surface area contributed by atoms with Crippen LogP contribution in [0.4, 0.5) is 0 Å². The molecule has 1 heterocycles. The van der Waals surface area contributed by atoms with Gasteiger partial charge in [0.1, 0.15) is 0 Å². The fourth-order valence-electron chi connectivity index (χ4n) is 1.45. The topological polar surface area (TPSA) is 12.9 Å². The van der Waals surface area contributed by atoms with Crippen molar-refractivity contribution in [3.8, 4) is 0 Å². The molecule has 0 spiro atoms. The molecule has 13 heavy (non-hydrogen) atoms. The van der Waals surface area contributed by atoms with E-state index in [2.05, 4.69) is 30.2 Å². The van der Waals surface area contributed by atoms with E-state index in [1.807, 2.05) is 18.2 Å². The molecule has 0 bridgehead atoms. The van der Waals surface area contributed by atoms with Crippen molar-refractivity contribution in [2.24, 2.45) is 0 Å². The Kier molecular flexibility index (Phi) is 2.26. The molecule has 0 N–H and O–H groups in total. The number of rotatable bonds is 2. The van der Waals surface area contributed by atoms with E-state index in [0.29, 0.717) is 0 Å². The van der Waals surface area contributed by atoms with Gasteiger partial charge >= 0.3 is 0 Å². The third kappa shape index (κ3) is 1.69. The summed E-state index contributed by atoms with van der Waals surface area (Å²) >= 11 is 0. The first-order valence-electron chi connectivity index (χ1n) is 4.66. The maximum atomic E-state index is 4.27. The minimum Gasteiger partial charge on any atom is -0.250 e. The van der Waals surface area contributed by atoms with Crippen LogP contribution in [0, 0.1) is 6.20 Å². The molecular formula is C12H12N. The number of hydrogen-bond acceptors (Lipinski definition) is 1. The van der Waals surface area contributed by atoms with Crippen LogP contribution >= 0.6 is 0 Å². The van der Waals surface area contributed by atoms with Crippen LogP contribution in [-0.4, -0.2) is 4.98 Å². The molecule has 0 atom stereocenters. The first-order valence-corrected chi connectivity index (χ1v) is 4.66. The summed E-state index contributed by atoms with van der Waals surface area (Å²) in [5.41, 5.74) is 1.14. The van der Waals surface area contributed by atoms with Crippen molar-refractivity contribution in [1.29, 1.82) is 0 Å². The third-order valence-corrected chi connectivity index (χ3v) is 2.11. The molecule has 2 rings (SSSR count). The van der Waals surface area contributed by atoms with Crippen molar-refractivity contribution in [2.75, 3.05) is 0 Å². The molecule has 1 heteroatoms. The highest BCUT2D eigenvalue weighted by atomic mass is 14.7. The van der Waals surface area contributed by atoms with Gasteiger partial charge in [-0.05, 0) is 17.9 Å². The van der Waals surface area contributed by atoms with Crippen LogP contribution in [0.25, 0.3) is 10.8 Å². The summed E-state index contributed by atoms with van der Waals surface area (Å²) in [4.78, 5) is 4.27. The monoisotopic (exact) mass is 170 g/mol. The van der Waals surface area contributed by atoms with Gasteiger partial charge in [-0.25, -0.2) is 0 Å². The molecule has 2 aromatic rings. The SMILES string of the molecule is CCCc1cc2ccccc2[c]n1. The average molecular weight is 170 g/mol. The van der Waals surface area contributed by atoms with Gasteiger partial charge in [-0.15, -0.1) is 0 Å². The van der Waals surface area contributed by atoms with E-state index in [1.54, 1.807) is 0 Å². The number of aromatic nitrogens is 1. The molecule has 0 saturated carbocycles. The summed E-state index contributed by atoms with van der Waals surface area (Å²) in [6.45, 7) is 2.16. The van der Waals surface area contributed by atoms with Crippen molar-refractivity contribution in [3.63, 3.8) is 0 Å². The highest BCUT2D eigenvalue weighted by Gasteiger charge is 1.96. The lowest BCUT2D eigenvalue weighted by molar-refractivity contribution is 0.885. The molecule has 0 fully saturated rings. The van der Waals surface area contributed by atoms with Gasteiger partial charge in [-0.3, -0.25) is 4.98 Å². The maximum absolute atomic E-state index is 4.27. The zero-order valence-corrected chi connectivity index (χ0v) is 7.75. The van der Waals surface area contributed by atoms with Gasteiger partial charge in [-0.1, -0.05) is 37.6 Å². The van der Waals surface area contributed by atoms with E-state index in [1.165, 1.54) is 5.39 Å². The zero-order valence-electron chi connectivity index (χ0n) is 7.75. The quantitative estimate of drug-likeness (QED) is 0.675. The number of benzene rings is 1. The lowest BCUT2D eigenvalue weighted by Crippen LogP contribution is -1.88. The van der Waals surface area contributed by atoms with E-state index >= 15 is 0 Å². The normalized spacial score (nSPS) is 10.5. The highest BCUT2D eigenvalue weighted by molar-refractivity contribution is 5.81. The summed E-state index contributed by atoms with van der Waals surface area (Å²) < 4.78 is 0. The Balaban J connectivity index is 2.49. The molecule has 1 nitrogen and oxygen atoms in total. The second-order valence-corrected chi connectivity index (χ2v) is 3.20. The molecule has 65 valence electrons. The van der Waals surface area contributed by atoms with Gasteiger partial charge in [0.2, 0.25) is 0 Å². The van der Waals surface area contributed by atoms with E-state index < -0.39 is 0 Å². The standard InChI is InChI=1S/C12H12N/c1-2-5-12-8-10-6-3-4-7-11(10)9-13-12/h3-4,6-8H,2,5H2,1H3. The van der Waals surface area contributed by atoms with Crippen molar-refractivity contribution in [1.82, 2.24) is 4.98 Å². The second-order valence-electron chi connectivity index (χ2n) is 3.20. The average Bonchev–Trinajstić information content (AvgIpc) is 2.18. The number of fused-ring (bicyclic) bond motifs is 1. The summed E-state index contributed by atoms with van der Waals surface area (Å²) in [6.07, 6.45) is 5.24. The van der Waals surface area contributed by atoms with Crippen molar-refractivity contribution in [2.45, 2.75) is 19.8 Å². The summed E-state index contributed by atoms with van der Waals surface area (Å²) in [5, 5.41) is 2.34. The molecule has 1 aromatic carbocycles. The van der Waals surface area contributed by atoms with Crippen LogP contribution in [0.3, 0.4) is 0 Å². The van der Waals surface area contributed by atoms with Crippen LogP contribution in [0.5, 0.6) is 0 Å². The predicted molar refractivity (Wildman–Crippen MR) is 54.6 cm³/mol. The smallest absolute Gasteiger partial charge is 0.0974 e. The largest absolute Gasteiger partial charge is 0.250 e. The summed E-state index contributed by atoms with van der Waals surface area (Å²) in [7, 11) is 0. The minimum absolute atomic E-state index is 1.04. The van der Waals surface area contributed by atoms with Crippen molar-refractivity contribution >= 4 is 10.8 Å². The van der Waals surface area contributed by atoms with Gasteiger partial charge in [0.05, 0.1) is 6.20 Å². The van der Waals surface area contributed by atoms with Crippen molar-refractivity contribution in [3.05, 3.63) is 42.2 Å². The Labute approximate surface area is 78.4 Å². The molecule has 0 aliphatic heterocycles. The van der Waals surface area contributed by atoms with Gasteiger partial charge < -0.3 is 0 Å². The Morgan fingerprint density at radius 3 is 3.00 bits per heavy atom. The van der Waals surface area contributed by atoms with E-state index in [0.717, 1.165) is 23.9 Å². The van der Waals surface area contributed by atoms with Crippen LogP contribution in [0.15, 0.2) is 30.3 Å². The summed E-state index contributed by atoms with van der Waals surface area (Å²) in [6, 6.07) is 10.4. The fraction of sp³-hybridized carbons (Fsp3) is 0.250. The van der Waals surface area contributed by atoms with E-state index in [9.17, 15) is 0 Å². The molecule has 0 saturated heterocycles. The van der Waals surface area contributed by atoms with Gasteiger partial charge in [0.15, 0.2) is 0 Å². The van der Waals surface area contributed by atoms with E-state index in [4.69, 9.17) is 0 Å². The molecule has 0 aliphatic rings. The fourth-order valence-corrected chi connectivity index (χ4v) is 1.45. The molecule has 1 radical (unpaired) electrons. The number of pyridine rings is 1. The molecule has 1 aromatic heterocycles. The number of hydrogen-bond donors (Lipinski definition) is 0. The Hall–Kier alpha value is -1.37. The molecular weight excluding hydrogens is 158 g/mol. The highest BCUT2D eigenvalue weighted by Crippen LogP contribution is 2.13. The zero-order chi connectivity index (χ0) is 9.10. The Bertz CT molecular complexity index is 407. The lowest BCUT2D eigenvalue weighted by Gasteiger charge is -1.99. The van der Waals surface area contributed by atoms with Crippen LogP contribution in [0.2, 0.25) is 0 Å². The number of aryl methyl sites for hydroxylation is 1.